The summed E-state index contributed by atoms with van der Waals surface area (Å²) in [5.41, 5.74) is 1.93. The number of nitrogens with zero attached hydrogens (tertiary/aromatic N) is 2. The van der Waals surface area contributed by atoms with E-state index < -0.39 is 0 Å². The van der Waals surface area contributed by atoms with Gasteiger partial charge in [0.2, 0.25) is 5.88 Å². The molecule has 5 heteroatoms. The predicted octanol–water partition coefficient (Wildman–Crippen LogP) is 6.12. The van der Waals surface area contributed by atoms with Crippen LogP contribution in [0.1, 0.15) is 69.7 Å². The third-order valence-electron chi connectivity index (χ3n) is 5.25. The smallest absolute Gasteiger partial charge is 0.212 e. The number of benzene rings is 1. The van der Waals surface area contributed by atoms with Gasteiger partial charge in [-0.25, -0.2) is 9.07 Å². The fraction of sp³-hybridized carbons (Fsp3) is 0.571. The maximum atomic E-state index is 13.4. The largest absolute Gasteiger partial charge is 0.473 e. The van der Waals surface area contributed by atoms with Crippen molar-refractivity contribution in [2.24, 2.45) is 5.92 Å². The molecule has 2 aromatic rings. The van der Waals surface area contributed by atoms with Crippen molar-refractivity contribution in [1.29, 1.82) is 0 Å². The van der Waals surface area contributed by atoms with Crippen molar-refractivity contribution in [1.82, 2.24) is 9.78 Å². The van der Waals surface area contributed by atoms with Gasteiger partial charge < -0.3 is 4.74 Å². The zero-order valence-corrected chi connectivity index (χ0v) is 16.6. The molecule has 0 bridgehead atoms. The molecule has 1 fully saturated rings. The van der Waals surface area contributed by atoms with Crippen LogP contribution in [0.25, 0.3) is 0 Å². The van der Waals surface area contributed by atoms with Crippen molar-refractivity contribution in [3.05, 3.63) is 47.4 Å². The molecule has 1 atom stereocenters. The Morgan fingerprint density at radius 2 is 2.00 bits per heavy atom. The van der Waals surface area contributed by atoms with Crippen LogP contribution in [0, 0.1) is 11.7 Å². The second-order valence-electron chi connectivity index (χ2n) is 7.23. The normalized spacial score (nSPS) is 16.1. The second-order valence-corrected chi connectivity index (χ2v) is 7.23. The minimum absolute atomic E-state index is 0. The molecule has 26 heavy (non-hydrogen) atoms. The molecule has 3 nitrogen and oxygen atoms in total. The lowest BCUT2D eigenvalue weighted by Crippen LogP contribution is -2.21. The van der Waals surface area contributed by atoms with E-state index in [1.807, 2.05) is 6.07 Å². The fourth-order valence-corrected chi connectivity index (χ4v) is 3.80. The van der Waals surface area contributed by atoms with Crippen LogP contribution in [-0.4, -0.2) is 9.78 Å². The topological polar surface area (TPSA) is 27.1 Å². The van der Waals surface area contributed by atoms with Crippen molar-refractivity contribution in [2.45, 2.75) is 71.4 Å². The Bertz CT molecular complexity index is 682. The van der Waals surface area contributed by atoms with E-state index in [-0.39, 0.29) is 18.2 Å². The van der Waals surface area contributed by atoms with Crippen LogP contribution < -0.4 is 4.74 Å². The zero-order valence-electron chi connectivity index (χ0n) is 15.8. The third kappa shape index (κ3) is 5.23. The van der Waals surface area contributed by atoms with E-state index in [0.717, 1.165) is 30.0 Å². The summed E-state index contributed by atoms with van der Waals surface area (Å²) in [4.78, 5) is 0. The van der Waals surface area contributed by atoms with E-state index in [9.17, 15) is 4.39 Å². The molecular weight excluding hydrogens is 351 g/mol. The van der Waals surface area contributed by atoms with Crippen molar-refractivity contribution in [3.63, 3.8) is 0 Å². The highest BCUT2D eigenvalue weighted by atomic mass is 35.5. The third-order valence-corrected chi connectivity index (χ3v) is 5.25. The molecule has 1 aromatic carbocycles. The molecule has 0 spiro atoms. The first-order valence-electron chi connectivity index (χ1n) is 9.63. The summed E-state index contributed by atoms with van der Waals surface area (Å²) in [6.45, 7) is 4.79. The molecule has 1 saturated carbocycles. The molecule has 0 radical (unpaired) electrons. The minimum atomic E-state index is -0.225. The lowest BCUT2D eigenvalue weighted by molar-refractivity contribution is 0.209. The Kier molecular flexibility index (Phi) is 7.95. The van der Waals surface area contributed by atoms with Gasteiger partial charge in [0.05, 0.1) is 11.7 Å². The summed E-state index contributed by atoms with van der Waals surface area (Å²) in [5.74, 6) is 1.25. The van der Waals surface area contributed by atoms with Gasteiger partial charge in [-0.15, -0.1) is 12.4 Å². The predicted molar refractivity (Wildman–Crippen MR) is 105 cm³/mol. The first kappa shape index (κ1) is 20.8. The van der Waals surface area contributed by atoms with Crippen LogP contribution in [0.4, 0.5) is 4.39 Å². The minimum Gasteiger partial charge on any atom is -0.473 e. The fourth-order valence-electron chi connectivity index (χ4n) is 3.80. The lowest BCUT2D eigenvalue weighted by Gasteiger charge is -2.28. The van der Waals surface area contributed by atoms with Crippen LogP contribution in [0.15, 0.2) is 30.3 Å². The molecule has 1 heterocycles. The number of rotatable bonds is 7. The highest BCUT2D eigenvalue weighted by molar-refractivity contribution is 5.85. The average molecular weight is 381 g/mol. The van der Waals surface area contributed by atoms with Gasteiger partial charge in [-0.3, -0.25) is 0 Å². The number of halogens is 2. The van der Waals surface area contributed by atoms with Gasteiger partial charge in [0.15, 0.2) is 0 Å². The molecule has 3 rings (SSSR count). The van der Waals surface area contributed by atoms with E-state index in [1.165, 1.54) is 44.2 Å². The monoisotopic (exact) mass is 380 g/mol. The summed E-state index contributed by atoms with van der Waals surface area (Å²) in [6.07, 6.45) is 8.56. The lowest BCUT2D eigenvalue weighted by atomic mass is 9.85. The second kappa shape index (κ2) is 9.96. The van der Waals surface area contributed by atoms with Gasteiger partial charge in [-0.05, 0) is 49.8 Å². The molecule has 1 unspecified atom stereocenters. The van der Waals surface area contributed by atoms with Gasteiger partial charge in [-0.2, -0.15) is 5.10 Å². The molecule has 0 saturated heterocycles. The SMILES string of the molecule is CCCc1cc(OCc2cccc(F)c2)n(C(C)C2CCCCC2)n1.Cl. The summed E-state index contributed by atoms with van der Waals surface area (Å²) < 4.78 is 21.5. The number of aromatic nitrogens is 2. The molecule has 0 aliphatic heterocycles. The van der Waals surface area contributed by atoms with Gasteiger partial charge >= 0.3 is 0 Å². The van der Waals surface area contributed by atoms with E-state index in [2.05, 4.69) is 24.6 Å². The summed E-state index contributed by atoms with van der Waals surface area (Å²) in [6, 6.07) is 8.99. The number of hydrogen-bond acceptors (Lipinski definition) is 2. The van der Waals surface area contributed by atoms with Crippen LogP contribution >= 0.6 is 12.4 Å². The van der Waals surface area contributed by atoms with E-state index >= 15 is 0 Å². The van der Waals surface area contributed by atoms with E-state index in [0.29, 0.717) is 18.6 Å². The summed E-state index contributed by atoms with van der Waals surface area (Å²) in [5, 5.41) is 4.82. The Labute approximate surface area is 162 Å². The molecule has 1 aliphatic rings. The molecule has 1 aliphatic carbocycles. The Morgan fingerprint density at radius 1 is 1.23 bits per heavy atom. The molecule has 1 aromatic heterocycles. The average Bonchev–Trinajstić information content (AvgIpc) is 3.03. The van der Waals surface area contributed by atoms with Gasteiger partial charge in [0.25, 0.3) is 0 Å². The summed E-state index contributed by atoms with van der Waals surface area (Å²) >= 11 is 0. The van der Waals surface area contributed by atoms with E-state index in [4.69, 9.17) is 9.84 Å². The van der Waals surface area contributed by atoms with Crippen molar-refractivity contribution >= 4 is 12.4 Å². The van der Waals surface area contributed by atoms with Crippen molar-refractivity contribution in [2.75, 3.05) is 0 Å². The van der Waals surface area contributed by atoms with Gasteiger partial charge in [0.1, 0.15) is 12.4 Å². The van der Waals surface area contributed by atoms with Crippen molar-refractivity contribution < 1.29 is 9.13 Å². The quantitative estimate of drug-likeness (QED) is 0.578. The van der Waals surface area contributed by atoms with Crippen LogP contribution in [0.3, 0.4) is 0 Å². The first-order valence-corrected chi connectivity index (χ1v) is 9.63. The molecule has 0 N–H and O–H groups in total. The Hall–Kier alpha value is -1.55. The maximum absolute atomic E-state index is 13.4. The van der Waals surface area contributed by atoms with E-state index in [1.54, 1.807) is 6.07 Å². The zero-order chi connectivity index (χ0) is 17.6. The van der Waals surface area contributed by atoms with Gasteiger partial charge in [-0.1, -0.05) is 44.7 Å². The first-order chi connectivity index (χ1) is 12.2. The number of ether oxygens (including phenoxy) is 1. The van der Waals surface area contributed by atoms with Crippen LogP contribution in [0.2, 0.25) is 0 Å². The highest BCUT2D eigenvalue weighted by Gasteiger charge is 2.24. The molecule has 144 valence electrons. The summed E-state index contributed by atoms with van der Waals surface area (Å²) in [7, 11) is 0. The molecule has 0 amide bonds. The standard InChI is InChI=1S/C21H29FN2O.ClH/c1-3-8-20-14-21(25-15-17-9-7-12-19(22)13-17)24(23-20)16(2)18-10-5-4-6-11-18;/h7,9,12-14,16,18H,3-6,8,10-11,15H2,1-2H3;1H. The Morgan fingerprint density at radius 3 is 2.69 bits per heavy atom. The van der Waals surface area contributed by atoms with Crippen molar-refractivity contribution in [3.8, 4) is 5.88 Å². The van der Waals surface area contributed by atoms with Crippen LogP contribution in [0.5, 0.6) is 5.88 Å². The van der Waals surface area contributed by atoms with Gasteiger partial charge in [0, 0.05) is 6.07 Å². The maximum Gasteiger partial charge on any atom is 0.212 e. The van der Waals surface area contributed by atoms with Crippen LogP contribution in [-0.2, 0) is 13.0 Å². The Balaban J connectivity index is 0.00000243. The molecular formula is C21H30ClFN2O. The number of aryl methyl sites for hydroxylation is 1. The number of hydrogen-bond donors (Lipinski definition) is 0. The highest BCUT2D eigenvalue weighted by Crippen LogP contribution is 2.35.